The minimum atomic E-state index is -4.00. The van der Waals surface area contributed by atoms with Crippen molar-refractivity contribution in [1.29, 1.82) is 0 Å². The highest BCUT2D eigenvalue weighted by Gasteiger charge is 2.32. The van der Waals surface area contributed by atoms with Gasteiger partial charge in [-0.2, -0.15) is 0 Å². The van der Waals surface area contributed by atoms with Crippen molar-refractivity contribution in [3.8, 4) is 5.75 Å². The van der Waals surface area contributed by atoms with Gasteiger partial charge in [0.05, 0.1) is 19.1 Å². The zero-order valence-electron chi connectivity index (χ0n) is 20.8. The van der Waals surface area contributed by atoms with E-state index in [0.717, 1.165) is 22.2 Å². The van der Waals surface area contributed by atoms with Crippen LogP contribution in [0.2, 0.25) is 0 Å². The summed E-state index contributed by atoms with van der Waals surface area (Å²) in [5.41, 5.74) is 0.496. The summed E-state index contributed by atoms with van der Waals surface area (Å²) >= 11 is 0. The Morgan fingerprint density at radius 3 is 2.23 bits per heavy atom. The van der Waals surface area contributed by atoms with Crippen molar-refractivity contribution in [2.45, 2.75) is 39.8 Å². The number of benzene rings is 2. The smallest absolute Gasteiger partial charge is 0.244 e. The lowest BCUT2D eigenvalue weighted by atomic mass is 10.1. The van der Waals surface area contributed by atoms with Gasteiger partial charge < -0.3 is 15.0 Å². The number of hydrogen-bond acceptors (Lipinski definition) is 5. The molecular weight excluding hydrogens is 473 g/mol. The fourth-order valence-electron chi connectivity index (χ4n) is 3.52. The van der Waals surface area contributed by atoms with E-state index in [1.807, 2.05) is 13.8 Å². The molecule has 0 unspecified atom stereocenters. The van der Waals surface area contributed by atoms with E-state index in [1.165, 1.54) is 23.1 Å². The Kier molecular flexibility index (Phi) is 10.1. The van der Waals surface area contributed by atoms with E-state index in [-0.39, 0.29) is 24.1 Å². The molecule has 35 heavy (non-hydrogen) atoms. The number of methoxy groups -OCH3 is 1. The molecule has 0 aliphatic heterocycles. The van der Waals surface area contributed by atoms with Gasteiger partial charge in [-0.25, -0.2) is 12.8 Å². The third kappa shape index (κ3) is 7.95. The average Bonchev–Trinajstić information content (AvgIpc) is 2.81. The van der Waals surface area contributed by atoms with Crippen LogP contribution in [0.15, 0.2) is 48.5 Å². The van der Waals surface area contributed by atoms with E-state index in [1.54, 1.807) is 38.3 Å². The summed E-state index contributed by atoms with van der Waals surface area (Å²) in [6.45, 7) is 5.54. The molecule has 2 amide bonds. The molecule has 0 spiro atoms. The molecule has 1 N–H and O–H groups in total. The molecular formula is C25H34FN3O5S. The van der Waals surface area contributed by atoms with Gasteiger partial charge >= 0.3 is 0 Å². The molecule has 10 heteroatoms. The highest BCUT2D eigenvalue weighted by Crippen LogP contribution is 2.23. The highest BCUT2D eigenvalue weighted by molar-refractivity contribution is 7.92. The zero-order chi connectivity index (χ0) is 26.2. The van der Waals surface area contributed by atoms with Crippen LogP contribution in [0.3, 0.4) is 0 Å². The quantitative estimate of drug-likeness (QED) is 0.476. The Hall–Kier alpha value is -3.14. The van der Waals surface area contributed by atoms with Crippen LogP contribution in [0.1, 0.15) is 32.8 Å². The molecule has 0 radical (unpaired) electrons. The molecule has 192 valence electrons. The van der Waals surface area contributed by atoms with Crippen LogP contribution in [-0.2, 0) is 26.2 Å². The first-order chi connectivity index (χ1) is 16.5. The van der Waals surface area contributed by atoms with Gasteiger partial charge in [0.15, 0.2) is 0 Å². The number of halogens is 1. The number of ether oxygens (including phenoxy) is 1. The lowest BCUT2D eigenvalue weighted by Gasteiger charge is -2.33. The molecule has 2 aromatic rings. The maximum Gasteiger partial charge on any atom is 0.244 e. The SMILES string of the molecule is CC[C@H](C(=O)NCC(C)C)N(Cc1ccc(OC)cc1)C(=O)CN(c1ccccc1F)S(C)(=O)=O. The minimum Gasteiger partial charge on any atom is -0.497 e. The molecule has 1 atom stereocenters. The normalized spacial score (nSPS) is 12.2. The third-order valence-electron chi connectivity index (χ3n) is 5.38. The Morgan fingerprint density at radius 1 is 1.09 bits per heavy atom. The van der Waals surface area contributed by atoms with Crippen LogP contribution in [0.4, 0.5) is 10.1 Å². The van der Waals surface area contributed by atoms with Crippen LogP contribution >= 0.6 is 0 Å². The number of para-hydroxylation sites is 1. The molecule has 0 bridgehead atoms. The van der Waals surface area contributed by atoms with Crippen molar-refractivity contribution >= 4 is 27.5 Å². The van der Waals surface area contributed by atoms with E-state index in [4.69, 9.17) is 4.74 Å². The van der Waals surface area contributed by atoms with Gasteiger partial charge in [-0.15, -0.1) is 0 Å². The number of nitrogens with one attached hydrogen (secondary N) is 1. The number of amides is 2. The van der Waals surface area contributed by atoms with Gasteiger partial charge in [-0.1, -0.05) is 45.0 Å². The molecule has 0 saturated heterocycles. The number of hydrogen-bond donors (Lipinski definition) is 1. The van der Waals surface area contributed by atoms with Crippen molar-refractivity contribution in [2.24, 2.45) is 5.92 Å². The van der Waals surface area contributed by atoms with Gasteiger partial charge in [0.1, 0.15) is 24.2 Å². The first kappa shape index (κ1) is 28.1. The van der Waals surface area contributed by atoms with Crippen LogP contribution in [0.25, 0.3) is 0 Å². The first-order valence-electron chi connectivity index (χ1n) is 11.4. The fraction of sp³-hybridized carbons (Fsp3) is 0.440. The molecule has 0 saturated carbocycles. The Balaban J connectivity index is 2.42. The number of rotatable bonds is 12. The largest absolute Gasteiger partial charge is 0.497 e. The summed E-state index contributed by atoms with van der Waals surface area (Å²) in [7, 11) is -2.46. The number of carbonyl (C=O) groups excluding carboxylic acids is 2. The number of sulfonamides is 1. The van der Waals surface area contributed by atoms with E-state index >= 15 is 0 Å². The van der Waals surface area contributed by atoms with Gasteiger partial charge in [0.25, 0.3) is 0 Å². The maximum atomic E-state index is 14.5. The maximum absolute atomic E-state index is 14.5. The number of carbonyl (C=O) groups is 2. The van der Waals surface area contributed by atoms with Crippen LogP contribution in [0.5, 0.6) is 5.75 Å². The second-order valence-corrected chi connectivity index (χ2v) is 10.6. The Morgan fingerprint density at radius 2 is 1.71 bits per heavy atom. The van der Waals surface area contributed by atoms with Crippen LogP contribution in [0, 0.1) is 11.7 Å². The lowest BCUT2D eigenvalue weighted by Crippen LogP contribution is -2.52. The summed E-state index contributed by atoms with van der Waals surface area (Å²) in [5, 5.41) is 2.85. The summed E-state index contributed by atoms with van der Waals surface area (Å²) in [4.78, 5) is 27.9. The summed E-state index contributed by atoms with van der Waals surface area (Å²) in [6.07, 6.45) is 1.22. The molecule has 2 aromatic carbocycles. The predicted octanol–water partition coefficient (Wildman–Crippen LogP) is 3.18. The second-order valence-electron chi connectivity index (χ2n) is 8.65. The zero-order valence-corrected chi connectivity index (χ0v) is 21.6. The predicted molar refractivity (Wildman–Crippen MR) is 134 cm³/mol. The topological polar surface area (TPSA) is 96.0 Å². The first-order valence-corrected chi connectivity index (χ1v) is 13.2. The molecule has 0 aromatic heterocycles. The fourth-order valence-corrected chi connectivity index (χ4v) is 4.37. The monoisotopic (exact) mass is 507 g/mol. The van der Waals surface area contributed by atoms with Gasteiger partial charge in [-0.3, -0.25) is 13.9 Å². The van der Waals surface area contributed by atoms with Crippen molar-refractivity contribution in [2.75, 3.05) is 30.8 Å². The van der Waals surface area contributed by atoms with Gasteiger partial charge in [-0.05, 0) is 42.2 Å². The van der Waals surface area contributed by atoms with Crippen molar-refractivity contribution in [1.82, 2.24) is 10.2 Å². The molecule has 8 nitrogen and oxygen atoms in total. The lowest BCUT2D eigenvalue weighted by molar-refractivity contribution is -0.140. The van der Waals surface area contributed by atoms with E-state index in [0.29, 0.717) is 18.7 Å². The van der Waals surface area contributed by atoms with Crippen molar-refractivity contribution in [3.05, 3.63) is 59.9 Å². The van der Waals surface area contributed by atoms with Crippen LogP contribution in [-0.4, -0.2) is 57.6 Å². The van der Waals surface area contributed by atoms with Gasteiger partial charge in [0.2, 0.25) is 21.8 Å². The Bertz CT molecular complexity index is 1110. The summed E-state index contributed by atoms with van der Waals surface area (Å²) in [5.74, 6) is -0.879. The van der Waals surface area contributed by atoms with E-state index < -0.39 is 34.3 Å². The Labute approximate surface area is 207 Å². The third-order valence-corrected chi connectivity index (χ3v) is 6.51. The van der Waals surface area contributed by atoms with Crippen molar-refractivity contribution in [3.63, 3.8) is 0 Å². The average molecular weight is 508 g/mol. The summed E-state index contributed by atoms with van der Waals surface area (Å²) < 4.78 is 45.4. The minimum absolute atomic E-state index is 0.0608. The molecule has 2 rings (SSSR count). The van der Waals surface area contributed by atoms with E-state index in [2.05, 4.69) is 5.32 Å². The van der Waals surface area contributed by atoms with Crippen LogP contribution < -0.4 is 14.4 Å². The molecule has 0 aliphatic rings. The van der Waals surface area contributed by atoms with E-state index in [9.17, 15) is 22.4 Å². The standard InChI is InChI=1S/C25H34FN3O5S/c1-6-22(25(31)27-15-18(2)3)28(16-19-11-13-20(34-4)14-12-19)24(30)17-29(35(5,32)33)23-10-8-7-9-21(23)26/h7-14,18,22H,6,15-17H2,1-5H3,(H,27,31)/t22-/m1/s1. The second kappa shape index (κ2) is 12.5. The highest BCUT2D eigenvalue weighted by atomic mass is 32.2. The van der Waals surface area contributed by atoms with Crippen molar-refractivity contribution < 1.29 is 27.1 Å². The summed E-state index contributed by atoms with van der Waals surface area (Å²) in [6, 6.07) is 11.5. The molecule has 0 heterocycles. The molecule has 0 fully saturated rings. The van der Waals surface area contributed by atoms with Gasteiger partial charge in [0, 0.05) is 13.1 Å². The number of anilines is 1. The molecule has 0 aliphatic carbocycles. The number of nitrogens with zero attached hydrogens (tertiary/aromatic N) is 2.